The fourth-order valence-electron chi connectivity index (χ4n) is 3.44. The largest absolute Gasteiger partial charge is 0.383 e. The molecule has 3 rings (SSSR count). The number of rotatable bonds is 4. The van der Waals surface area contributed by atoms with Gasteiger partial charge in [0, 0.05) is 31.8 Å². The van der Waals surface area contributed by atoms with E-state index in [1.165, 1.54) is 29.4 Å². The van der Waals surface area contributed by atoms with E-state index in [1.807, 2.05) is 17.9 Å². The SMILES string of the molecule is CCC1CCN(c2ccc3c(cnn3C)c2)C1COC. The highest BCUT2D eigenvalue weighted by Crippen LogP contribution is 2.33. The molecule has 1 fully saturated rings. The second-order valence-corrected chi connectivity index (χ2v) is 5.68. The number of nitrogens with zero attached hydrogens (tertiary/aromatic N) is 3. The highest BCUT2D eigenvalue weighted by Gasteiger charge is 2.33. The molecule has 108 valence electrons. The maximum absolute atomic E-state index is 5.44. The molecule has 0 N–H and O–H groups in total. The predicted octanol–water partition coefficient (Wildman–Crippen LogP) is 2.82. The lowest BCUT2D eigenvalue weighted by atomic mass is 9.98. The number of anilines is 1. The van der Waals surface area contributed by atoms with E-state index in [-0.39, 0.29) is 0 Å². The minimum absolute atomic E-state index is 0.499. The van der Waals surface area contributed by atoms with E-state index in [9.17, 15) is 0 Å². The Bertz CT molecular complexity index is 592. The average molecular weight is 273 g/mol. The van der Waals surface area contributed by atoms with Crippen molar-refractivity contribution in [3.8, 4) is 0 Å². The van der Waals surface area contributed by atoms with Gasteiger partial charge in [0.15, 0.2) is 0 Å². The Hall–Kier alpha value is -1.55. The second-order valence-electron chi connectivity index (χ2n) is 5.68. The summed E-state index contributed by atoms with van der Waals surface area (Å²) in [4.78, 5) is 2.50. The third-order valence-electron chi connectivity index (χ3n) is 4.61. The number of benzene rings is 1. The van der Waals surface area contributed by atoms with E-state index in [0.717, 1.165) is 19.1 Å². The molecule has 1 aliphatic heterocycles. The van der Waals surface area contributed by atoms with Gasteiger partial charge >= 0.3 is 0 Å². The van der Waals surface area contributed by atoms with Crippen LogP contribution < -0.4 is 4.90 Å². The summed E-state index contributed by atoms with van der Waals surface area (Å²) >= 11 is 0. The van der Waals surface area contributed by atoms with Gasteiger partial charge in [-0.25, -0.2) is 0 Å². The van der Waals surface area contributed by atoms with Crippen molar-refractivity contribution in [2.24, 2.45) is 13.0 Å². The van der Waals surface area contributed by atoms with Crippen molar-refractivity contribution < 1.29 is 4.74 Å². The predicted molar refractivity (Wildman–Crippen MR) is 82.1 cm³/mol. The van der Waals surface area contributed by atoms with Gasteiger partial charge in [0.05, 0.1) is 24.4 Å². The van der Waals surface area contributed by atoms with Crippen molar-refractivity contribution >= 4 is 16.6 Å². The molecular weight excluding hydrogens is 250 g/mol. The quantitative estimate of drug-likeness (QED) is 0.858. The lowest BCUT2D eigenvalue weighted by molar-refractivity contribution is 0.164. The van der Waals surface area contributed by atoms with Gasteiger partial charge in [-0.05, 0) is 30.5 Å². The number of fused-ring (bicyclic) bond motifs is 1. The van der Waals surface area contributed by atoms with Gasteiger partial charge in [0.1, 0.15) is 0 Å². The van der Waals surface area contributed by atoms with Crippen molar-refractivity contribution in [1.29, 1.82) is 0 Å². The molecule has 2 unspecified atom stereocenters. The molecule has 0 amide bonds. The zero-order valence-corrected chi connectivity index (χ0v) is 12.5. The highest BCUT2D eigenvalue weighted by molar-refractivity contribution is 5.82. The van der Waals surface area contributed by atoms with Gasteiger partial charge < -0.3 is 9.64 Å². The summed E-state index contributed by atoms with van der Waals surface area (Å²) in [6.45, 7) is 4.21. The molecule has 0 spiro atoms. The molecule has 2 aromatic rings. The topological polar surface area (TPSA) is 30.3 Å². The maximum Gasteiger partial charge on any atom is 0.0680 e. The first-order valence-corrected chi connectivity index (χ1v) is 7.42. The van der Waals surface area contributed by atoms with Crippen LogP contribution in [0.15, 0.2) is 24.4 Å². The smallest absolute Gasteiger partial charge is 0.0680 e. The molecule has 2 heterocycles. The number of ether oxygens (including phenoxy) is 1. The first-order chi connectivity index (χ1) is 9.74. The van der Waals surface area contributed by atoms with E-state index in [0.29, 0.717) is 6.04 Å². The van der Waals surface area contributed by atoms with E-state index in [1.54, 1.807) is 7.11 Å². The minimum atomic E-state index is 0.499. The van der Waals surface area contributed by atoms with Crippen molar-refractivity contribution in [2.45, 2.75) is 25.8 Å². The van der Waals surface area contributed by atoms with E-state index >= 15 is 0 Å². The third-order valence-corrected chi connectivity index (χ3v) is 4.61. The van der Waals surface area contributed by atoms with Crippen LogP contribution in [0.4, 0.5) is 5.69 Å². The average Bonchev–Trinajstić information content (AvgIpc) is 3.03. The van der Waals surface area contributed by atoms with Crippen LogP contribution >= 0.6 is 0 Å². The van der Waals surface area contributed by atoms with Crippen LogP contribution in [0, 0.1) is 5.92 Å². The third kappa shape index (κ3) is 2.18. The van der Waals surface area contributed by atoms with Gasteiger partial charge in [-0.1, -0.05) is 13.3 Å². The number of methoxy groups -OCH3 is 1. The van der Waals surface area contributed by atoms with Crippen molar-refractivity contribution in [3.63, 3.8) is 0 Å². The van der Waals surface area contributed by atoms with Gasteiger partial charge in [0.2, 0.25) is 0 Å². The standard InChI is InChI=1S/C16H23N3O/c1-4-12-7-8-19(16(12)11-20-3)14-5-6-15-13(9-14)10-17-18(15)2/h5-6,9-10,12,16H,4,7-8,11H2,1-3H3. The molecular formula is C16H23N3O. The zero-order chi connectivity index (χ0) is 14.1. The van der Waals surface area contributed by atoms with Crippen LogP contribution in [0.2, 0.25) is 0 Å². The summed E-state index contributed by atoms with van der Waals surface area (Å²) in [6, 6.07) is 7.13. The number of aromatic nitrogens is 2. The molecule has 2 atom stereocenters. The molecule has 1 aromatic carbocycles. The fourth-order valence-corrected chi connectivity index (χ4v) is 3.44. The van der Waals surface area contributed by atoms with E-state index < -0.39 is 0 Å². The van der Waals surface area contributed by atoms with Gasteiger partial charge in [0.25, 0.3) is 0 Å². The first-order valence-electron chi connectivity index (χ1n) is 7.42. The molecule has 1 aliphatic rings. The molecule has 4 nitrogen and oxygen atoms in total. The Morgan fingerprint density at radius 2 is 2.25 bits per heavy atom. The monoisotopic (exact) mass is 273 g/mol. The van der Waals surface area contributed by atoms with Crippen molar-refractivity contribution in [3.05, 3.63) is 24.4 Å². The van der Waals surface area contributed by atoms with Crippen molar-refractivity contribution in [2.75, 3.05) is 25.2 Å². The number of hydrogen-bond acceptors (Lipinski definition) is 3. The van der Waals surface area contributed by atoms with Crippen LogP contribution in [0.3, 0.4) is 0 Å². The summed E-state index contributed by atoms with van der Waals surface area (Å²) in [7, 11) is 3.78. The molecule has 0 radical (unpaired) electrons. The van der Waals surface area contributed by atoms with Gasteiger partial charge in [-0.15, -0.1) is 0 Å². The molecule has 1 aromatic heterocycles. The second kappa shape index (κ2) is 5.44. The van der Waals surface area contributed by atoms with Crippen LogP contribution in [0.25, 0.3) is 10.9 Å². The number of hydrogen-bond donors (Lipinski definition) is 0. The highest BCUT2D eigenvalue weighted by atomic mass is 16.5. The lowest BCUT2D eigenvalue weighted by Gasteiger charge is -2.29. The summed E-state index contributed by atoms with van der Waals surface area (Å²) in [6.07, 6.45) is 4.42. The Morgan fingerprint density at radius 3 is 3.00 bits per heavy atom. The maximum atomic E-state index is 5.44. The van der Waals surface area contributed by atoms with Crippen LogP contribution in [-0.2, 0) is 11.8 Å². The molecule has 20 heavy (non-hydrogen) atoms. The normalized spacial score (nSPS) is 22.9. The Kier molecular flexibility index (Phi) is 3.66. The molecule has 0 saturated carbocycles. The summed E-state index contributed by atoms with van der Waals surface area (Å²) in [5.74, 6) is 0.736. The fraction of sp³-hybridized carbons (Fsp3) is 0.562. The minimum Gasteiger partial charge on any atom is -0.383 e. The van der Waals surface area contributed by atoms with Crippen LogP contribution in [-0.4, -0.2) is 36.1 Å². The van der Waals surface area contributed by atoms with E-state index in [4.69, 9.17) is 4.74 Å². The first kappa shape index (κ1) is 13.4. The van der Waals surface area contributed by atoms with Gasteiger partial charge in [-0.3, -0.25) is 4.68 Å². The molecule has 4 heteroatoms. The summed E-state index contributed by atoms with van der Waals surface area (Å²) < 4.78 is 7.36. The Balaban J connectivity index is 1.92. The number of aryl methyl sites for hydroxylation is 1. The van der Waals surface area contributed by atoms with E-state index in [2.05, 4.69) is 35.1 Å². The zero-order valence-electron chi connectivity index (χ0n) is 12.5. The lowest BCUT2D eigenvalue weighted by Crippen LogP contribution is -2.36. The molecule has 0 aliphatic carbocycles. The molecule has 1 saturated heterocycles. The van der Waals surface area contributed by atoms with Crippen LogP contribution in [0.1, 0.15) is 19.8 Å². The van der Waals surface area contributed by atoms with Crippen molar-refractivity contribution in [1.82, 2.24) is 9.78 Å². The van der Waals surface area contributed by atoms with Gasteiger partial charge in [-0.2, -0.15) is 5.10 Å². The Labute approximate surface area is 120 Å². The summed E-state index contributed by atoms with van der Waals surface area (Å²) in [5.41, 5.74) is 2.48. The summed E-state index contributed by atoms with van der Waals surface area (Å²) in [5, 5.41) is 5.53. The van der Waals surface area contributed by atoms with Crippen LogP contribution in [0.5, 0.6) is 0 Å². The molecule has 0 bridgehead atoms. The Morgan fingerprint density at radius 1 is 1.40 bits per heavy atom.